The molecule has 0 saturated carbocycles. The van der Waals surface area contributed by atoms with Gasteiger partial charge in [0.15, 0.2) is 0 Å². The minimum atomic E-state index is -3.65. The highest BCUT2D eigenvalue weighted by molar-refractivity contribution is 9.10. The first-order valence-electron chi connectivity index (χ1n) is 5.96. The van der Waals surface area contributed by atoms with Crippen LogP contribution in [0.25, 0.3) is 0 Å². The maximum Gasteiger partial charge on any atom is 0.276 e. The molecule has 0 aliphatic carbocycles. The van der Waals surface area contributed by atoms with Crippen LogP contribution in [0.4, 0.5) is 0 Å². The van der Waals surface area contributed by atoms with Gasteiger partial charge in [0, 0.05) is 4.47 Å². The molecule has 0 aliphatic rings. The Morgan fingerprint density at radius 1 is 1.10 bits per heavy atom. The van der Waals surface area contributed by atoms with Crippen LogP contribution in [0, 0.1) is 0 Å². The van der Waals surface area contributed by atoms with Crippen molar-refractivity contribution < 1.29 is 13.2 Å². The second kappa shape index (κ2) is 6.73. The summed E-state index contributed by atoms with van der Waals surface area (Å²) >= 11 is 3.25. The van der Waals surface area contributed by atoms with Crippen LogP contribution in [0.5, 0.6) is 5.75 Å². The van der Waals surface area contributed by atoms with Crippen LogP contribution in [0.2, 0.25) is 0 Å². The molecular formula is C14H13BrN2O3S. The smallest absolute Gasteiger partial charge is 0.276 e. The summed E-state index contributed by atoms with van der Waals surface area (Å²) in [5, 5.41) is 3.75. The molecule has 2 rings (SSSR count). The summed E-state index contributed by atoms with van der Waals surface area (Å²) in [6.07, 6.45) is 1.43. The van der Waals surface area contributed by atoms with E-state index >= 15 is 0 Å². The Morgan fingerprint density at radius 2 is 1.71 bits per heavy atom. The first-order valence-corrected chi connectivity index (χ1v) is 8.23. The lowest BCUT2D eigenvalue weighted by molar-refractivity contribution is 0.415. The molecule has 0 radical (unpaired) electrons. The lowest BCUT2D eigenvalue weighted by Gasteiger charge is -2.03. The summed E-state index contributed by atoms with van der Waals surface area (Å²) < 4.78 is 29.8. The molecule has 0 heterocycles. The highest BCUT2D eigenvalue weighted by Gasteiger charge is 2.11. The van der Waals surface area contributed by atoms with Gasteiger partial charge in [0.1, 0.15) is 5.75 Å². The number of rotatable bonds is 5. The zero-order chi connectivity index (χ0) is 15.3. The van der Waals surface area contributed by atoms with Crippen molar-refractivity contribution in [2.45, 2.75) is 4.90 Å². The van der Waals surface area contributed by atoms with E-state index in [1.165, 1.54) is 18.3 Å². The molecule has 2 aromatic rings. The molecule has 0 unspecified atom stereocenters. The van der Waals surface area contributed by atoms with Gasteiger partial charge in [0.05, 0.1) is 18.2 Å². The molecule has 0 bridgehead atoms. The van der Waals surface area contributed by atoms with E-state index in [-0.39, 0.29) is 4.90 Å². The minimum Gasteiger partial charge on any atom is -0.497 e. The van der Waals surface area contributed by atoms with Gasteiger partial charge in [-0.05, 0) is 54.1 Å². The summed E-state index contributed by atoms with van der Waals surface area (Å²) in [6, 6.07) is 13.4. The molecule has 21 heavy (non-hydrogen) atoms. The van der Waals surface area contributed by atoms with Crippen molar-refractivity contribution in [1.29, 1.82) is 0 Å². The number of hydrogen-bond acceptors (Lipinski definition) is 4. The van der Waals surface area contributed by atoms with E-state index in [0.29, 0.717) is 0 Å². The summed E-state index contributed by atoms with van der Waals surface area (Å²) in [7, 11) is -2.07. The van der Waals surface area contributed by atoms with Crippen molar-refractivity contribution in [3.63, 3.8) is 0 Å². The molecule has 1 N–H and O–H groups in total. The van der Waals surface area contributed by atoms with E-state index in [1.807, 2.05) is 0 Å². The first-order chi connectivity index (χ1) is 10.0. The lowest BCUT2D eigenvalue weighted by Crippen LogP contribution is -2.18. The number of nitrogens with one attached hydrogen (secondary N) is 1. The second-order valence-electron chi connectivity index (χ2n) is 4.08. The summed E-state index contributed by atoms with van der Waals surface area (Å²) in [5.41, 5.74) is 0.759. The van der Waals surface area contributed by atoms with Crippen LogP contribution in [0.1, 0.15) is 5.56 Å². The fourth-order valence-electron chi connectivity index (χ4n) is 1.53. The number of ether oxygens (including phenoxy) is 1. The molecule has 110 valence electrons. The fraction of sp³-hybridized carbons (Fsp3) is 0.0714. The Balaban J connectivity index is 2.06. The maximum atomic E-state index is 12.0. The third kappa shape index (κ3) is 4.30. The van der Waals surface area contributed by atoms with Crippen LogP contribution >= 0.6 is 15.9 Å². The van der Waals surface area contributed by atoms with E-state index in [4.69, 9.17) is 4.74 Å². The van der Waals surface area contributed by atoms with Gasteiger partial charge in [-0.25, -0.2) is 4.83 Å². The van der Waals surface area contributed by atoms with Crippen LogP contribution in [-0.2, 0) is 10.0 Å². The van der Waals surface area contributed by atoms with Crippen LogP contribution in [-0.4, -0.2) is 21.7 Å². The minimum absolute atomic E-state index is 0.151. The van der Waals surface area contributed by atoms with Gasteiger partial charge in [0.2, 0.25) is 0 Å². The number of hydrogen-bond donors (Lipinski definition) is 1. The predicted molar refractivity (Wildman–Crippen MR) is 85.1 cm³/mol. The van der Waals surface area contributed by atoms with E-state index < -0.39 is 10.0 Å². The van der Waals surface area contributed by atoms with Crippen molar-refractivity contribution in [3.8, 4) is 5.75 Å². The van der Waals surface area contributed by atoms with Crippen molar-refractivity contribution >= 4 is 32.2 Å². The molecule has 0 aliphatic heterocycles. The van der Waals surface area contributed by atoms with E-state index in [2.05, 4.69) is 25.9 Å². The molecule has 0 saturated heterocycles. The average Bonchev–Trinajstić information content (AvgIpc) is 2.48. The Hall–Kier alpha value is -1.86. The Labute approximate surface area is 131 Å². The fourth-order valence-corrected chi connectivity index (χ4v) is 2.58. The SMILES string of the molecule is COc1ccc(/C=N\NS(=O)(=O)c2ccc(Br)cc2)cc1. The highest BCUT2D eigenvalue weighted by Crippen LogP contribution is 2.14. The third-order valence-electron chi connectivity index (χ3n) is 2.63. The van der Waals surface area contributed by atoms with Crippen molar-refractivity contribution in [3.05, 3.63) is 58.6 Å². The van der Waals surface area contributed by atoms with Crippen LogP contribution in [0.3, 0.4) is 0 Å². The molecule has 7 heteroatoms. The van der Waals surface area contributed by atoms with Crippen molar-refractivity contribution in [2.75, 3.05) is 7.11 Å². The van der Waals surface area contributed by atoms with E-state index in [9.17, 15) is 8.42 Å². The Bertz CT molecular complexity index is 726. The summed E-state index contributed by atoms with van der Waals surface area (Å²) in [4.78, 5) is 2.32. The number of methoxy groups -OCH3 is 1. The number of sulfonamides is 1. The molecular weight excluding hydrogens is 356 g/mol. The van der Waals surface area contributed by atoms with Gasteiger partial charge < -0.3 is 4.74 Å². The topological polar surface area (TPSA) is 67.8 Å². The monoisotopic (exact) mass is 368 g/mol. The Kier molecular flexibility index (Phi) is 4.98. The van der Waals surface area contributed by atoms with Gasteiger partial charge in [-0.15, -0.1) is 0 Å². The summed E-state index contributed by atoms with van der Waals surface area (Å²) in [5.74, 6) is 0.725. The molecule has 0 fully saturated rings. The van der Waals surface area contributed by atoms with E-state index in [1.54, 1.807) is 43.5 Å². The largest absolute Gasteiger partial charge is 0.497 e. The highest BCUT2D eigenvalue weighted by atomic mass is 79.9. The van der Waals surface area contributed by atoms with Gasteiger partial charge in [0.25, 0.3) is 10.0 Å². The zero-order valence-electron chi connectivity index (χ0n) is 11.2. The van der Waals surface area contributed by atoms with Gasteiger partial charge in [-0.1, -0.05) is 15.9 Å². The molecule has 0 atom stereocenters. The van der Waals surface area contributed by atoms with Gasteiger partial charge in [-0.3, -0.25) is 0 Å². The van der Waals surface area contributed by atoms with Gasteiger partial charge in [-0.2, -0.15) is 13.5 Å². The number of benzene rings is 2. The van der Waals surface area contributed by atoms with Crippen molar-refractivity contribution in [1.82, 2.24) is 4.83 Å². The number of nitrogens with zero attached hydrogens (tertiary/aromatic N) is 1. The zero-order valence-corrected chi connectivity index (χ0v) is 13.6. The molecule has 5 nitrogen and oxygen atoms in total. The normalized spacial score (nSPS) is 11.5. The molecule has 2 aromatic carbocycles. The first kappa shape index (κ1) is 15.5. The van der Waals surface area contributed by atoms with E-state index in [0.717, 1.165) is 15.8 Å². The van der Waals surface area contributed by atoms with Gasteiger partial charge >= 0.3 is 0 Å². The van der Waals surface area contributed by atoms with Crippen molar-refractivity contribution in [2.24, 2.45) is 5.10 Å². The average molecular weight is 369 g/mol. The number of halogens is 1. The third-order valence-corrected chi connectivity index (χ3v) is 4.39. The quantitative estimate of drug-likeness (QED) is 0.651. The Morgan fingerprint density at radius 3 is 2.29 bits per heavy atom. The maximum absolute atomic E-state index is 12.0. The lowest BCUT2D eigenvalue weighted by atomic mass is 10.2. The number of hydrazone groups is 1. The second-order valence-corrected chi connectivity index (χ2v) is 6.66. The van der Waals surface area contributed by atoms with Crippen LogP contribution < -0.4 is 9.57 Å². The molecule has 0 aromatic heterocycles. The molecule has 0 spiro atoms. The standard InChI is InChI=1S/C14H13BrN2O3S/c1-20-13-6-2-11(3-7-13)10-16-17-21(18,19)14-8-4-12(15)5-9-14/h2-10,17H,1H3/b16-10-. The summed E-state index contributed by atoms with van der Waals surface area (Å²) in [6.45, 7) is 0. The molecule has 0 amide bonds. The predicted octanol–water partition coefficient (Wildman–Crippen LogP) is 2.77. The van der Waals surface area contributed by atoms with Crippen LogP contribution in [0.15, 0.2) is 63.0 Å².